The molecule has 17 heavy (non-hydrogen) atoms. The summed E-state index contributed by atoms with van der Waals surface area (Å²) < 4.78 is 15.8. The van der Waals surface area contributed by atoms with Crippen molar-refractivity contribution in [3.05, 3.63) is 24.0 Å². The number of methoxy groups -OCH3 is 1. The van der Waals surface area contributed by atoms with Gasteiger partial charge in [0.05, 0.1) is 7.11 Å². The number of aliphatic hydroxyl groups excluding tert-OH is 1. The molecule has 0 fully saturated rings. The van der Waals surface area contributed by atoms with Crippen LogP contribution in [0.3, 0.4) is 0 Å². The van der Waals surface area contributed by atoms with Crippen LogP contribution in [0.4, 0.5) is 0 Å². The molecule has 0 saturated heterocycles. The number of ether oxygens (including phenoxy) is 3. The summed E-state index contributed by atoms with van der Waals surface area (Å²) in [5.41, 5.74) is 0.418. The van der Waals surface area contributed by atoms with Crippen LogP contribution in [0.5, 0.6) is 5.75 Å². The molecular weight excluding hydrogens is 222 g/mol. The van der Waals surface area contributed by atoms with E-state index in [9.17, 15) is 5.11 Å². The van der Waals surface area contributed by atoms with E-state index in [-0.39, 0.29) is 0 Å². The van der Waals surface area contributed by atoms with Crippen molar-refractivity contribution in [2.45, 2.75) is 26.2 Å². The van der Waals surface area contributed by atoms with Gasteiger partial charge in [-0.25, -0.2) is 0 Å². The Morgan fingerprint density at radius 3 is 2.47 bits per heavy atom. The number of rotatable bonds is 7. The highest BCUT2D eigenvalue weighted by molar-refractivity contribution is 5.28. The standard InChI is InChI=1S/C12H19NO4/c1-4-16-12(17-5-2)11(14)10-9(15-3)7-6-8-13-10/h6-8,11-12,14H,4-5H2,1-3H3. The Labute approximate surface area is 101 Å². The Bertz CT molecular complexity index is 326. The summed E-state index contributed by atoms with van der Waals surface area (Å²) in [6, 6.07) is 3.48. The minimum absolute atomic E-state index is 0.418. The minimum atomic E-state index is -0.967. The SMILES string of the molecule is CCOC(OCC)C(O)c1ncccc1OC. The molecule has 1 heterocycles. The monoisotopic (exact) mass is 241 g/mol. The van der Waals surface area contributed by atoms with E-state index in [0.29, 0.717) is 24.7 Å². The van der Waals surface area contributed by atoms with Crippen LogP contribution in [0.1, 0.15) is 25.6 Å². The molecule has 5 heteroatoms. The maximum absolute atomic E-state index is 10.2. The number of hydrogen-bond donors (Lipinski definition) is 1. The number of aromatic nitrogens is 1. The van der Waals surface area contributed by atoms with Crippen LogP contribution in [0.2, 0.25) is 0 Å². The van der Waals surface area contributed by atoms with E-state index in [1.807, 2.05) is 13.8 Å². The Morgan fingerprint density at radius 2 is 1.94 bits per heavy atom. The lowest BCUT2D eigenvalue weighted by atomic mass is 10.2. The van der Waals surface area contributed by atoms with Crippen LogP contribution in [-0.2, 0) is 9.47 Å². The van der Waals surface area contributed by atoms with Gasteiger partial charge in [-0.2, -0.15) is 0 Å². The average Bonchev–Trinajstić information content (AvgIpc) is 2.37. The first kappa shape index (κ1) is 13.9. The van der Waals surface area contributed by atoms with Crippen LogP contribution in [0.25, 0.3) is 0 Å². The normalized spacial score (nSPS) is 12.8. The van der Waals surface area contributed by atoms with E-state index in [1.165, 1.54) is 7.11 Å². The third-order valence-corrected chi connectivity index (χ3v) is 2.22. The maximum Gasteiger partial charge on any atom is 0.189 e. The quantitative estimate of drug-likeness (QED) is 0.733. The van der Waals surface area contributed by atoms with Gasteiger partial charge in [0.2, 0.25) is 0 Å². The Kier molecular flexibility index (Phi) is 5.90. The molecule has 0 aromatic carbocycles. The Morgan fingerprint density at radius 1 is 1.29 bits per heavy atom. The molecule has 1 aromatic heterocycles. The fraction of sp³-hybridized carbons (Fsp3) is 0.583. The summed E-state index contributed by atoms with van der Waals surface area (Å²) in [6.07, 6.45) is -0.101. The number of pyridine rings is 1. The number of hydrogen-bond acceptors (Lipinski definition) is 5. The van der Waals surface area contributed by atoms with Gasteiger partial charge >= 0.3 is 0 Å². The molecule has 0 saturated carbocycles. The largest absolute Gasteiger partial charge is 0.495 e. The summed E-state index contributed by atoms with van der Waals surface area (Å²) in [5.74, 6) is 0.518. The van der Waals surface area contributed by atoms with Crippen LogP contribution >= 0.6 is 0 Å². The van der Waals surface area contributed by atoms with Crippen molar-refractivity contribution in [2.75, 3.05) is 20.3 Å². The fourth-order valence-electron chi connectivity index (χ4n) is 1.49. The second-order valence-electron chi connectivity index (χ2n) is 3.31. The zero-order valence-electron chi connectivity index (χ0n) is 10.4. The van der Waals surface area contributed by atoms with E-state index in [1.54, 1.807) is 18.3 Å². The molecule has 1 aromatic rings. The Balaban J connectivity index is 2.87. The first-order valence-electron chi connectivity index (χ1n) is 5.64. The molecule has 1 rings (SSSR count). The van der Waals surface area contributed by atoms with Crippen molar-refractivity contribution in [3.8, 4) is 5.75 Å². The van der Waals surface area contributed by atoms with Crippen LogP contribution < -0.4 is 4.74 Å². The van der Waals surface area contributed by atoms with Gasteiger partial charge in [-0.1, -0.05) is 0 Å². The molecule has 0 amide bonds. The van der Waals surface area contributed by atoms with Crippen molar-refractivity contribution < 1.29 is 19.3 Å². The highest BCUT2D eigenvalue weighted by Crippen LogP contribution is 2.26. The van der Waals surface area contributed by atoms with Gasteiger partial charge in [-0.3, -0.25) is 4.98 Å². The van der Waals surface area contributed by atoms with E-state index < -0.39 is 12.4 Å². The van der Waals surface area contributed by atoms with Crippen LogP contribution in [0, 0.1) is 0 Å². The molecule has 96 valence electrons. The van der Waals surface area contributed by atoms with Crippen LogP contribution in [0.15, 0.2) is 18.3 Å². The van der Waals surface area contributed by atoms with Gasteiger partial charge in [0, 0.05) is 19.4 Å². The summed E-state index contributed by atoms with van der Waals surface area (Å²) >= 11 is 0. The summed E-state index contributed by atoms with van der Waals surface area (Å²) in [6.45, 7) is 4.59. The predicted octanol–water partition coefficient (Wildman–Crippen LogP) is 1.52. The highest BCUT2D eigenvalue weighted by atomic mass is 16.7. The minimum Gasteiger partial charge on any atom is -0.495 e. The molecule has 0 bridgehead atoms. The van der Waals surface area contributed by atoms with Gasteiger partial charge < -0.3 is 19.3 Å². The molecule has 1 unspecified atom stereocenters. The van der Waals surface area contributed by atoms with Crippen molar-refractivity contribution in [1.82, 2.24) is 4.98 Å². The van der Waals surface area contributed by atoms with Crippen molar-refractivity contribution in [3.63, 3.8) is 0 Å². The van der Waals surface area contributed by atoms with Gasteiger partial charge in [-0.15, -0.1) is 0 Å². The summed E-state index contributed by atoms with van der Waals surface area (Å²) in [7, 11) is 1.53. The van der Waals surface area contributed by atoms with Crippen molar-refractivity contribution in [1.29, 1.82) is 0 Å². The molecule has 0 aliphatic heterocycles. The molecular formula is C12H19NO4. The first-order valence-corrected chi connectivity index (χ1v) is 5.64. The molecule has 5 nitrogen and oxygen atoms in total. The van der Waals surface area contributed by atoms with Crippen molar-refractivity contribution >= 4 is 0 Å². The molecule has 1 atom stereocenters. The zero-order valence-corrected chi connectivity index (χ0v) is 10.4. The van der Waals surface area contributed by atoms with E-state index >= 15 is 0 Å². The average molecular weight is 241 g/mol. The van der Waals surface area contributed by atoms with Gasteiger partial charge in [0.25, 0.3) is 0 Å². The highest BCUT2D eigenvalue weighted by Gasteiger charge is 2.25. The fourth-order valence-corrected chi connectivity index (χ4v) is 1.49. The predicted molar refractivity (Wildman–Crippen MR) is 62.8 cm³/mol. The second-order valence-corrected chi connectivity index (χ2v) is 3.31. The third kappa shape index (κ3) is 3.66. The van der Waals surface area contributed by atoms with Gasteiger partial charge in [0.1, 0.15) is 11.4 Å². The van der Waals surface area contributed by atoms with Crippen molar-refractivity contribution in [2.24, 2.45) is 0 Å². The smallest absolute Gasteiger partial charge is 0.189 e. The molecule has 0 radical (unpaired) electrons. The van der Waals surface area contributed by atoms with E-state index in [0.717, 1.165) is 0 Å². The molecule has 0 aliphatic rings. The lowest BCUT2D eigenvalue weighted by molar-refractivity contribution is -0.192. The van der Waals surface area contributed by atoms with Gasteiger partial charge in [-0.05, 0) is 26.0 Å². The van der Waals surface area contributed by atoms with E-state index in [4.69, 9.17) is 14.2 Å². The van der Waals surface area contributed by atoms with E-state index in [2.05, 4.69) is 4.98 Å². The summed E-state index contributed by atoms with van der Waals surface area (Å²) in [4.78, 5) is 4.10. The molecule has 0 spiro atoms. The lowest BCUT2D eigenvalue weighted by Crippen LogP contribution is -2.26. The Hall–Kier alpha value is -1.17. The van der Waals surface area contributed by atoms with Crippen LogP contribution in [-0.4, -0.2) is 36.7 Å². The maximum atomic E-state index is 10.2. The molecule has 0 aliphatic carbocycles. The zero-order chi connectivity index (χ0) is 12.7. The number of nitrogens with zero attached hydrogens (tertiary/aromatic N) is 1. The molecule has 1 N–H and O–H groups in total. The first-order chi connectivity index (χ1) is 8.24. The topological polar surface area (TPSA) is 60.8 Å². The summed E-state index contributed by atoms with van der Waals surface area (Å²) in [5, 5.41) is 10.2. The second kappa shape index (κ2) is 7.21. The lowest BCUT2D eigenvalue weighted by Gasteiger charge is -2.23. The van der Waals surface area contributed by atoms with Gasteiger partial charge in [0.15, 0.2) is 12.4 Å². The third-order valence-electron chi connectivity index (χ3n) is 2.22. The number of aliphatic hydroxyl groups is 1.